The lowest BCUT2D eigenvalue weighted by molar-refractivity contribution is 0.0670. The highest BCUT2D eigenvalue weighted by molar-refractivity contribution is 5.98. The van der Waals surface area contributed by atoms with Crippen molar-refractivity contribution in [1.82, 2.24) is 14.7 Å². The number of benzene rings is 1. The molecule has 27 heavy (non-hydrogen) atoms. The second kappa shape index (κ2) is 7.42. The van der Waals surface area contributed by atoms with E-state index in [-0.39, 0.29) is 11.5 Å². The van der Waals surface area contributed by atoms with Gasteiger partial charge in [0.1, 0.15) is 13.2 Å². The number of likely N-dealkylation sites (tertiary alicyclic amines) is 1. The minimum atomic E-state index is -0.0767. The number of nitrogens with zero attached hydrogens (tertiary/aromatic N) is 3. The van der Waals surface area contributed by atoms with Gasteiger partial charge >= 0.3 is 0 Å². The summed E-state index contributed by atoms with van der Waals surface area (Å²) in [6, 6.07) is 8.72. The number of aryl methyl sites for hydroxylation is 1. The molecule has 3 heterocycles. The van der Waals surface area contributed by atoms with E-state index < -0.39 is 0 Å². The van der Waals surface area contributed by atoms with E-state index in [9.17, 15) is 9.59 Å². The van der Waals surface area contributed by atoms with Crippen molar-refractivity contribution in [2.24, 2.45) is 5.92 Å². The van der Waals surface area contributed by atoms with Crippen LogP contribution in [0, 0.1) is 12.8 Å². The number of carbonyl (C=O) groups excluding carboxylic acids is 1. The monoisotopic (exact) mass is 369 g/mol. The van der Waals surface area contributed by atoms with Crippen LogP contribution in [0.5, 0.6) is 11.5 Å². The molecule has 1 amide bonds. The first kappa shape index (κ1) is 17.6. The summed E-state index contributed by atoms with van der Waals surface area (Å²) >= 11 is 0. The van der Waals surface area contributed by atoms with Crippen LogP contribution in [0.2, 0.25) is 0 Å². The minimum absolute atomic E-state index is 0.0263. The first-order valence-corrected chi connectivity index (χ1v) is 9.34. The molecule has 4 rings (SSSR count). The fourth-order valence-electron chi connectivity index (χ4n) is 3.66. The molecule has 142 valence electrons. The maximum Gasteiger partial charge on any atom is 0.266 e. The number of fused-ring (bicyclic) bond motifs is 1. The highest BCUT2D eigenvalue weighted by Gasteiger charge is 2.28. The molecule has 2 aliphatic heterocycles. The third-order valence-corrected chi connectivity index (χ3v) is 5.13. The van der Waals surface area contributed by atoms with E-state index in [1.165, 1.54) is 4.68 Å². The first-order valence-electron chi connectivity index (χ1n) is 9.34. The predicted octanol–water partition coefficient (Wildman–Crippen LogP) is 1.88. The molecule has 2 aliphatic rings. The van der Waals surface area contributed by atoms with Gasteiger partial charge in [0.2, 0.25) is 0 Å². The maximum atomic E-state index is 13.0. The van der Waals surface area contributed by atoms with Gasteiger partial charge in [-0.15, -0.1) is 0 Å². The van der Waals surface area contributed by atoms with Gasteiger partial charge in [-0.2, -0.15) is 5.10 Å². The van der Waals surface area contributed by atoms with Crippen LogP contribution in [0.3, 0.4) is 0 Å². The quantitative estimate of drug-likeness (QED) is 0.826. The summed E-state index contributed by atoms with van der Waals surface area (Å²) in [5.74, 6) is 1.49. The summed E-state index contributed by atoms with van der Waals surface area (Å²) in [5.41, 5.74) is 1.31. The van der Waals surface area contributed by atoms with Crippen LogP contribution in [-0.2, 0) is 6.54 Å². The van der Waals surface area contributed by atoms with Crippen molar-refractivity contribution in [2.45, 2.75) is 26.3 Å². The second-order valence-electron chi connectivity index (χ2n) is 7.06. The van der Waals surface area contributed by atoms with Crippen molar-refractivity contribution >= 4 is 5.91 Å². The van der Waals surface area contributed by atoms with E-state index in [2.05, 4.69) is 5.10 Å². The van der Waals surface area contributed by atoms with Crippen molar-refractivity contribution in [2.75, 3.05) is 26.3 Å². The second-order valence-corrected chi connectivity index (χ2v) is 7.06. The lowest BCUT2D eigenvalue weighted by Crippen LogP contribution is -2.40. The largest absolute Gasteiger partial charge is 0.486 e. The Bertz CT molecular complexity index is 900. The molecule has 0 saturated carbocycles. The average molecular weight is 369 g/mol. The normalized spacial score (nSPS) is 17.0. The summed E-state index contributed by atoms with van der Waals surface area (Å²) in [6.07, 6.45) is 1.69. The van der Waals surface area contributed by atoms with Crippen LogP contribution in [0.1, 0.15) is 28.9 Å². The molecule has 0 aliphatic carbocycles. The van der Waals surface area contributed by atoms with Crippen LogP contribution in [0.25, 0.3) is 0 Å². The van der Waals surface area contributed by atoms with Crippen LogP contribution in [-0.4, -0.2) is 46.9 Å². The maximum absolute atomic E-state index is 13.0. The van der Waals surface area contributed by atoms with Crippen molar-refractivity contribution in [3.05, 3.63) is 51.9 Å². The fraction of sp³-hybridized carbons (Fsp3) is 0.450. The Kier molecular flexibility index (Phi) is 4.83. The van der Waals surface area contributed by atoms with E-state index in [1.54, 1.807) is 18.2 Å². The van der Waals surface area contributed by atoms with Gasteiger partial charge in [0.15, 0.2) is 11.5 Å². The number of amides is 1. The van der Waals surface area contributed by atoms with Crippen molar-refractivity contribution in [3.63, 3.8) is 0 Å². The van der Waals surface area contributed by atoms with Gasteiger partial charge in [0.25, 0.3) is 11.5 Å². The summed E-state index contributed by atoms with van der Waals surface area (Å²) in [6.45, 7) is 4.76. The van der Waals surface area contributed by atoms with E-state index in [0.29, 0.717) is 55.8 Å². The molecular formula is C20H23N3O4. The Hall–Kier alpha value is -2.83. The van der Waals surface area contributed by atoms with E-state index >= 15 is 0 Å². The van der Waals surface area contributed by atoms with Gasteiger partial charge in [-0.25, -0.2) is 4.68 Å². The molecule has 0 N–H and O–H groups in total. The van der Waals surface area contributed by atoms with E-state index in [0.717, 1.165) is 18.5 Å². The summed E-state index contributed by atoms with van der Waals surface area (Å²) in [5, 5.41) is 4.31. The van der Waals surface area contributed by atoms with Crippen LogP contribution >= 0.6 is 0 Å². The summed E-state index contributed by atoms with van der Waals surface area (Å²) < 4.78 is 12.8. The van der Waals surface area contributed by atoms with Gasteiger partial charge in [0.05, 0.1) is 11.3 Å². The third kappa shape index (κ3) is 3.67. The molecule has 7 heteroatoms. The summed E-state index contributed by atoms with van der Waals surface area (Å²) in [4.78, 5) is 26.8. The lowest BCUT2D eigenvalue weighted by Gasteiger charge is -2.32. The Balaban J connectivity index is 1.41. The Morgan fingerprint density at radius 2 is 1.93 bits per heavy atom. The number of rotatable bonds is 3. The molecule has 1 fully saturated rings. The Morgan fingerprint density at radius 1 is 1.15 bits per heavy atom. The standard InChI is InChI=1S/C20H23N3O4/c1-14-5-6-18(24)23(21-14)13-15-7-9-22(10-8-15)20(25)16-3-2-4-17-19(16)27-12-11-26-17/h2-6,15H,7-13H2,1H3. The topological polar surface area (TPSA) is 73.7 Å². The van der Waals surface area contributed by atoms with Crippen molar-refractivity contribution in [3.8, 4) is 11.5 Å². The number of ether oxygens (including phenoxy) is 2. The molecule has 1 saturated heterocycles. The number of aromatic nitrogens is 2. The molecule has 1 aromatic carbocycles. The summed E-state index contributed by atoms with van der Waals surface area (Å²) in [7, 11) is 0. The molecule has 7 nitrogen and oxygen atoms in total. The zero-order valence-corrected chi connectivity index (χ0v) is 15.4. The molecule has 0 unspecified atom stereocenters. The Labute approximate surface area is 157 Å². The number of para-hydroxylation sites is 1. The first-order chi connectivity index (χ1) is 13.1. The zero-order chi connectivity index (χ0) is 18.8. The van der Waals surface area contributed by atoms with Gasteiger partial charge in [0, 0.05) is 25.7 Å². The molecule has 0 radical (unpaired) electrons. The minimum Gasteiger partial charge on any atom is -0.486 e. The molecule has 1 aromatic heterocycles. The smallest absolute Gasteiger partial charge is 0.266 e. The lowest BCUT2D eigenvalue weighted by atomic mass is 9.96. The highest BCUT2D eigenvalue weighted by Crippen LogP contribution is 2.34. The van der Waals surface area contributed by atoms with Gasteiger partial charge in [-0.05, 0) is 43.9 Å². The Morgan fingerprint density at radius 3 is 2.74 bits per heavy atom. The van der Waals surface area contributed by atoms with E-state index in [1.807, 2.05) is 24.0 Å². The number of hydrogen-bond donors (Lipinski definition) is 0. The highest BCUT2D eigenvalue weighted by atomic mass is 16.6. The van der Waals surface area contributed by atoms with Crippen molar-refractivity contribution in [1.29, 1.82) is 0 Å². The van der Waals surface area contributed by atoms with E-state index in [4.69, 9.17) is 9.47 Å². The average Bonchev–Trinajstić information content (AvgIpc) is 2.70. The number of piperidine rings is 1. The fourth-order valence-corrected chi connectivity index (χ4v) is 3.66. The van der Waals surface area contributed by atoms with Gasteiger partial charge in [-0.1, -0.05) is 6.07 Å². The number of carbonyl (C=O) groups is 1. The van der Waals surface area contributed by atoms with Crippen LogP contribution in [0.4, 0.5) is 0 Å². The molecule has 0 bridgehead atoms. The van der Waals surface area contributed by atoms with Crippen molar-refractivity contribution < 1.29 is 14.3 Å². The van der Waals surface area contributed by atoms with Crippen LogP contribution < -0.4 is 15.0 Å². The molecule has 0 atom stereocenters. The zero-order valence-electron chi connectivity index (χ0n) is 15.4. The molecular weight excluding hydrogens is 346 g/mol. The van der Waals surface area contributed by atoms with Gasteiger partial charge in [-0.3, -0.25) is 9.59 Å². The van der Waals surface area contributed by atoms with Gasteiger partial charge < -0.3 is 14.4 Å². The molecule has 2 aromatic rings. The predicted molar refractivity (Wildman–Crippen MR) is 99.3 cm³/mol. The number of hydrogen-bond acceptors (Lipinski definition) is 5. The third-order valence-electron chi connectivity index (χ3n) is 5.13. The molecule has 0 spiro atoms. The van der Waals surface area contributed by atoms with Crippen LogP contribution in [0.15, 0.2) is 35.1 Å². The SMILES string of the molecule is Cc1ccc(=O)n(CC2CCN(C(=O)c3cccc4c3OCCO4)CC2)n1.